The van der Waals surface area contributed by atoms with Crippen LogP contribution < -0.4 is 0 Å². The van der Waals surface area contributed by atoms with Gasteiger partial charge in [-0.1, -0.05) is 0 Å². The van der Waals surface area contributed by atoms with Gasteiger partial charge >= 0.3 is 0 Å². The van der Waals surface area contributed by atoms with Gasteiger partial charge in [0.2, 0.25) is 0 Å². The van der Waals surface area contributed by atoms with Crippen LogP contribution in [0, 0.1) is 5.92 Å². The van der Waals surface area contributed by atoms with E-state index in [9.17, 15) is 0 Å². The van der Waals surface area contributed by atoms with E-state index < -0.39 is 0 Å². The molecule has 1 fully saturated rings. The number of aromatic nitrogens is 2. The number of rotatable bonds is 6. The molecule has 1 aliphatic heterocycles. The first-order valence-corrected chi connectivity index (χ1v) is 9.09. The van der Waals surface area contributed by atoms with Crippen LogP contribution in [0.2, 0.25) is 0 Å². The van der Waals surface area contributed by atoms with Gasteiger partial charge in [-0.3, -0.25) is 9.58 Å². The lowest BCUT2D eigenvalue weighted by Crippen LogP contribution is -2.38. The molecule has 0 spiro atoms. The lowest BCUT2D eigenvalue weighted by Gasteiger charge is -2.35. The van der Waals surface area contributed by atoms with Crippen molar-refractivity contribution in [2.24, 2.45) is 13.0 Å². The molecular weight excluding hydrogens is 294 g/mol. The van der Waals surface area contributed by atoms with Crippen molar-refractivity contribution in [2.75, 3.05) is 19.8 Å². The molecule has 2 aliphatic rings. The molecular formula is C17H23N3OS. The van der Waals surface area contributed by atoms with Crippen molar-refractivity contribution in [3.8, 4) is 0 Å². The molecule has 1 saturated carbocycles. The molecule has 0 bridgehead atoms. The molecule has 118 valence electrons. The minimum atomic E-state index is 0.329. The number of ether oxygens (including phenoxy) is 1. The van der Waals surface area contributed by atoms with E-state index in [4.69, 9.17) is 4.74 Å². The highest BCUT2D eigenvalue weighted by molar-refractivity contribution is 7.07. The monoisotopic (exact) mass is 317 g/mol. The van der Waals surface area contributed by atoms with Crippen LogP contribution in [0.3, 0.4) is 0 Å². The molecule has 1 aliphatic carbocycles. The Hall–Kier alpha value is -1.17. The summed E-state index contributed by atoms with van der Waals surface area (Å²) in [6.07, 6.45) is 5.82. The molecule has 5 heteroatoms. The van der Waals surface area contributed by atoms with Crippen molar-refractivity contribution >= 4 is 11.3 Å². The fourth-order valence-corrected chi connectivity index (χ4v) is 3.99. The zero-order valence-electron chi connectivity index (χ0n) is 13.1. The highest BCUT2D eigenvalue weighted by atomic mass is 32.1. The highest BCUT2D eigenvalue weighted by Gasteiger charge is 2.31. The number of nitrogens with zero attached hydrogens (tertiary/aromatic N) is 3. The van der Waals surface area contributed by atoms with Gasteiger partial charge in [-0.05, 0) is 53.1 Å². The van der Waals surface area contributed by atoms with E-state index in [-0.39, 0.29) is 0 Å². The fraction of sp³-hybridized carbons (Fsp3) is 0.588. The summed E-state index contributed by atoms with van der Waals surface area (Å²) in [6, 6.07) is 2.56. The van der Waals surface area contributed by atoms with E-state index >= 15 is 0 Å². The van der Waals surface area contributed by atoms with Crippen LogP contribution in [0.15, 0.2) is 23.0 Å². The maximum absolute atomic E-state index is 6.05. The van der Waals surface area contributed by atoms with Crippen molar-refractivity contribution in [3.05, 3.63) is 39.8 Å². The summed E-state index contributed by atoms with van der Waals surface area (Å²) in [4.78, 5) is 2.55. The molecule has 3 heterocycles. The summed E-state index contributed by atoms with van der Waals surface area (Å²) in [5, 5.41) is 8.88. The molecule has 0 radical (unpaired) electrons. The number of thiophene rings is 1. The molecule has 0 aromatic carbocycles. The summed E-state index contributed by atoms with van der Waals surface area (Å²) in [6.45, 7) is 3.81. The highest BCUT2D eigenvalue weighted by Crippen LogP contribution is 2.33. The molecule has 1 atom stereocenters. The molecule has 0 unspecified atom stereocenters. The summed E-state index contributed by atoms with van der Waals surface area (Å²) < 4.78 is 8.09. The van der Waals surface area contributed by atoms with Gasteiger partial charge in [0.1, 0.15) is 0 Å². The zero-order chi connectivity index (χ0) is 14.9. The summed E-state index contributed by atoms with van der Waals surface area (Å²) in [7, 11) is 2.06. The minimum Gasteiger partial charge on any atom is -0.379 e. The topological polar surface area (TPSA) is 30.3 Å². The Morgan fingerprint density at radius 1 is 1.36 bits per heavy atom. The number of aryl methyl sites for hydroxylation is 1. The molecule has 2 aromatic rings. The quantitative estimate of drug-likeness (QED) is 0.820. The van der Waals surface area contributed by atoms with Crippen LogP contribution in [0.5, 0.6) is 0 Å². The second-order valence-electron chi connectivity index (χ2n) is 6.53. The van der Waals surface area contributed by atoms with Crippen molar-refractivity contribution in [3.63, 3.8) is 0 Å². The Morgan fingerprint density at radius 3 is 3.05 bits per heavy atom. The maximum Gasteiger partial charge on any atom is 0.0760 e. The second-order valence-corrected chi connectivity index (χ2v) is 7.31. The Kier molecular flexibility index (Phi) is 4.03. The van der Waals surface area contributed by atoms with Gasteiger partial charge in [0, 0.05) is 26.7 Å². The van der Waals surface area contributed by atoms with Gasteiger partial charge in [-0.15, -0.1) is 0 Å². The standard InChI is InChI=1S/C17H23N3OS/c1-19-17-15(8-18-19)4-6-20(9-14-5-7-22-12-14)16(17)11-21-10-13-2-3-13/h5,7-8,12-13,16H,2-4,6,9-11H2,1H3/t16-/m0/s1. The van der Waals surface area contributed by atoms with E-state index in [1.165, 1.54) is 29.7 Å². The van der Waals surface area contributed by atoms with Crippen molar-refractivity contribution in [2.45, 2.75) is 31.8 Å². The van der Waals surface area contributed by atoms with Crippen LogP contribution >= 0.6 is 11.3 Å². The minimum absolute atomic E-state index is 0.329. The zero-order valence-corrected chi connectivity index (χ0v) is 13.9. The lowest BCUT2D eigenvalue weighted by atomic mass is 9.99. The third-order valence-corrected chi connectivity index (χ3v) is 5.51. The van der Waals surface area contributed by atoms with E-state index in [0.29, 0.717) is 6.04 Å². The Bertz CT molecular complexity index is 618. The Labute approximate surface area is 135 Å². The third-order valence-electron chi connectivity index (χ3n) is 4.78. The Balaban J connectivity index is 1.52. The van der Waals surface area contributed by atoms with Gasteiger partial charge in [0.05, 0.1) is 24.5 Å². The molecule has 0 amide bonds. The van der Waals surface area contributed by atoms with E-state index in [2.05, 4.69) is 33.9 Å². The van der Waals surface area contributed by atoms with Gasteiger partial charge in [0.25, 0.3) is 0 Å². The SMILES string of the molecule is Cn1ncc2c1[C@H](COCC1CC1)N(Cc1ccsc1)CC2. The number of hydrogen-bond acceptors (Lipinski definition) is 4. The third kappa shape index (κ3) is 2.98. The van der Waals surface area contributed by atoms with Crippen molar-refractivity contribution in [1.82, 2.24) is 14.7 Å². The van der Waals surface area contributed by atoms with Crippen molar-refractivity contribution in [1.29, 1.82) is 0 Å². The first-order valence-electron chi connectivity index (χ1n) is 8.15. The number of fused-ring (bicyclic) bond motifs is 1. The fourth-order valence-electron chi connectivity index (χ4n) is 3.33. The number of hydrogen-bond donors (Lipinski definition) is 0. The van der Waals surface area contributed by atoms with E-state index in [1.54, 1.807) is 11.3 Å². The van der Waals surface area contributed by atoms with Gasteiger partial charge in [-0.25, -0.2) is 0 Å². The molecule has 2 aromatic heterocycles. The molecule has 4 nitrogen and oxygen atoms in total. The maximum atomic E-state index is 6.05. The van der Waals surface area contributed by atoms with Crippen LogP contribution in [0.4, 0.5) is 0 Å². The van der Waals surface area contributed by atoms with Gasteiger partial charge in [0.15, 0.2) is 0 Å². The van der Waals surface area contributed by atoms with Gasteiger partial charge < -0.3 is 4.74 Å². The van der Waals surface area contributed by atoms with Crippen LogP contribution in [0.1, 0.15) is 35.7 Å². The van der Waals surface area contributed by atoms with E-state index in [1.807, 2.05) is 10.9 Å². The average Bonchev–Trinajstić information content (AvgIpc) is 3.05. The molecule has 0 N–H and O–H groups in total. The summed E-state index contributed by atoms with van der Waals surface area (Å²) in [5.41, 5.74) is 4.14. The van der Waals surface area contributed by atoms with Gasteiger partial charge in [-0.2, -0.15) is 16.4 Å². The van der Waals surface area contributed by atoms with Crippen LogP contribution in [0.25, 0.3) is 0 Å². The summed E-state index contributed by atoms with van der Waals surface area (Å²) in [5.74, 6) is 0.819. The van der Waals surface area contributed by atoms with E-state index in [0.717, 1.165) is 38.6 Å². The molecule has 0 saturated heterocycles. The lowest BCUT2D eigenvalue weighted by molar-refractivity contribution is 0.0413. The largest absolute Gasteiger partial charge is 0.379 e. The van der Waals surface area contributed by atoms with Crippen LogP contribution in [-0.2, 0) is 24.8 Å². The van der Waals surface area contributed by atoms with Crippen molar-refractivity contribution < 1.29 is 4.74 Å². The second kappa shape index (κ2) is 6.14. The van der Waals surface area contributed by atoms with Crippen LogP contribution in [-0.4, -0.2) is 34.4 Å². The molecule has 22 heavy (non-hydrogen) atoms. The smallest absolute Gasteiger partial charge is 0.0760 e. The normalized spacial score (nSPS) is 22.0. The Morgan fingerprint density at radius 2 is 2.27 bits per heavy atom. The predicted octanol–water partition coefficient (Wildman–Crippen LogP) is 3.01. The molecule has 4 rings (SSSR count). The first-order chi connectivity index (χ1) is 10.8. The average molecular weight is 317 g/mol. The predicted molar refractivity (Wildman–Crippen MR) is 87.9 cm³/mol. The summed E-state index contributed by atoms with van der Waals surface area (Å²) >= 11 is 1.77. The first kappa shape index (κ1) is 14.4.